The van der Waals surface area contributed by atoms with Crippen molar-refractivity contribution < 1.29 is 9.90 Å². The monoisotopic (exact) mass is 279 g/mol. The maximum absolute atomic E-state index is 12.0. The van der Waals surface area contributed by atoms with Gasteiger partial charge in [-0.05, 0) is 23.8 Å². The van der Waals surface area contributed by atoms with Crippen LogP contribution in [0.25, 0.3) is 0 Å². The van der Waals surface area contributed by atoms with Gasteiger partial charge in [0.25, 0.3) is 5.91 Å². The largest absolute Gasteiger partial charge is 0.384 e. The molecular weight excluding hydrogens is 258 g/mol. The number of aliphatic hydroxyl groups excluding tert-OH is 1. The number of hydrogen-bond donors (Lipinski definition) is 2. The van der Waals surface area contributed by atoms with Crippen LogP contribution in [-0.4, -0.2) is 24.2 Å². The Morgan fingerprint density at radius 2 is 2.26 bits per heavy atom. The lowest BCUT2D eigenvalue weighted by Gasteiger charge is -2.06. The van der Waals surface area contributed by atoms with Crippen LogP contribution < -0.4 is 5.32 Å². The summed E-state index contributed by atoms with van der Waals surface area (Å²) in [6.45, 7) is 4.93. The minimum absolute atomic E-state index is 0.0678. The van der Waals surface area contributed by atoms with E-state index in [0.29, 0.717) is 22.9 Å². The molecule has 0 saturated carbocycles. The number of hydrogen-bond acceptors (Lipinski definition) is 3. The SMILES string of the molecule is CC(C)CCCCNC(=O)c1sccc1C#CCO. The Balaban J connectivity index is 2.39. The molecule has 0 aliphatic rings. The number of carbonyl (C=O) groups is 1. The van der Waals surface area contributed by atoms with E-state index < -0.39 is 0 Å². The van der Waals surface area contributed by atoms with Crippen molar-refractivity contribution in [1.82, 2.24) is 5.32 Å². The van der Waals surface area contributed by atoms with Gasteiger partial charge >= 0.3 is 0 Å². The second-order valence-corrected chi connectivity index (χ2v) is 5.68. The fourth-order valence-electron chi connectivity index (χ4n) is 1.68. The lowest BCUT2D eigenvalue weighted by molar-refractivity contribution is 0.0956. The zero-order valence-corrected chi connectivity index (χ0v) is 12.3. The molecule has 0 bridgehead atoms. The van der Waals surface area contributed by atoms with Gasteiger partial charge < -0.3 is 10.4 Å². The quantitative estimate of drug-likeness (QED) is 0.621. The number of nitrogens with one attached hydrogen (secondary N) is 1. The van der Waals surface area contributed by atoms with Gasteiger partial charge in [-0.1, -0.05) is 38.5 Å². The summed E-state index contributed by atoms with van der Waals surface area (Å²) in [6, 6.07) is 1.81. The topological polar surface area (TPSA) is 49.3 Å². The Morgan fingerprint density at radius 3 is 2.95 bits per heavy atom. The minimum Gasteiger partial charge on any atom is -0.384 e. The van der Waals surface area contributed by atoms with Crippen molar-refractivity contribution >= 4 is 17.2 Å². The van der Waals surface area contributed by atoms with E-state index in [9.17, 15) is 4.79 Å². The number of rotatable bonds is 6. The van der Waals surface area contributed by atoms with Crippen LogP contribution >= 0.6 is 11.3 Å². The second-order valence-electron chi connectivity index (χ2n) is 4.77. The van der Waals surface area contributed by atoms with E-state index in [2.05, 4.69) is 31.0 Å². The molecule has 0 unspecified atom stereocenters. The summed E-state index contributed by atoms with van der Waals surface area (Å²) in [4.78, 5) is 12.6. The van der Waals surface area contributed by atoms with Crippen LogP contribution in [0.5, 0.6) is 0 Å². The number of amides is 1. The first kappa shape index (κ1) is 15.7. The number of carbonyl (C=O) groups excluding carboxylic acids is 1. The van der Waals surface area contributed by atoms with Gasteiger partial charge in [-0.25, -0.2) is 0 Å². The van der Waals surface area contributed by atoms with E-state index in [0.717, 1.165) is 12.8 Å². The molecule has 0 aliphatic heterocycles. The minimum atomic E-state index is -0.188. The van der Waals surface area contributed by atoms with E-state index in [1.54, 1.807) is 6.07 Å². The molecule has 0 aliphatic carbocycles. The highest BCUT2D eigenvalue weighted by atomic mass is 32.1. The van der Waals surface area contributed by atoms with Crippen LogP contribution in [0, 0.1) is 17.8 Å². The molecule has 1 aromatic rings. The summed E-state index contributed by atoms with van der Waals surface area (Å²) in [5, 5.41) is 13.4. The molecule has 104 valence electrons. The molecule has 0 atom stereocenters. The smallest absolute Gasteiger partial charge is 0.262 e. The van der Waals surface area contributed by atoms with Crippen molar-refractivity contribution in [2.24, 2.45) is 5.92 Å². The van der Waals surface area contributed by atoms with E-state index in [1.165, 1.54) is 17.8 Å². The van der Waals surface area contributed by atoms with Crippen LogP contribution in [0.1, 0.15) is 48.3 Å². The first-order chi connectivity index (χ1) is 9.15. The summed E-state index contributed by atoms with van der Waals surface area (Å²) >= 11 is 1.38. The van der Waals surface area contributed by atoms with Gasteiger partial charge in [-0.15, -0.1) is 11.3 Å². The molecule has 0 radical (unpaired) electrons. The van der Waals surface area contributed by atoms with Crippen LogP contribution in [-0.2, 0) is 0 Å². The van der Waals surface area contributed by atoms with Gasteiger partial charge in [-0.3, -0.25) is 4.79 Å². The maximum Gasteiger partial charge on any atom is 0.262 e. The van der Waals surface area contributed by atoms with Gasteiger partial charge in [0.05, 0.1) is 0 Å². The van der Waals surface area contributed by atoms with Crippen LogP contribution in [0.4, 0.5) is 0 Å². The normalized spacial score (nSPS) is 10.1. The van der Waals surface area contributed by atoms with Crippen molar-refractivity contribution in [3.05, 3.63) is 21.9 Å². The fraction of sp³-hybridized carbons (Fsp3) is 0.533. The van der Waals surface area contributed by atoms with E-state index in [4.69, 9.17) is 5.11 Å². The number of unbranched alkanes of at least 4 members (excludes halogenated alkanes) is 1. The molecule has 0 aromatic carbocycles. The van der Waals surface area contributed by atoms with Crippen LogP contribution in [0.2, 0.25) is 0 Å². The van der Waals surface area contributed by atoms with E-state index >= 15 is 0 Å². The van der Waals surface area contributed by atoms with Gasteiger partial charge in [0, 0.05) is 12.1 Å². The van der Waals surface area contributed by atoms with Crippen molar-refractivity contribution in [3.8, 4) is 11.8 Å². The lowest BCUT2D eigenvalue weighted by atomic mass is 10.1. The van der Waals surface area contributed by atoms with Gasteiger partial charge in [0.15, 0.2) is 0 Å². The highest BCUT2D eigenvalue weighted by molar-refractivity contribution is 7.12. The van der Waals surface area contributed by atoms with Crippen LogP contribution in [0.15, 0.2) is 11.4 Å². The molecule has 3 nitrogen and oxygen atoms in total. The molecule has 1 aromatic heterocycles. The summed E-state index contributed by atoms with van der Waals surface area (Å²) in [5.74, 6) is 6.01. The molecule has 0 spiro atoms. The molecule has 1 heterocycles. The summed E-state index contributed by atoms with van der Waals surface area (Å²) in [7, 11) is 0. The Kier molecular flexibility index (Phi) is 7.24. The molecular formula is C15H21NO2S. The Labute approximate surface area is 119 Å². The summed E-state index contributed by atoms with van der Waals surface area (Å²) in [6.07, 6.45) is 3.34. The summed E-state index contributed by atoms with van der Waals surface area (Å²) < 4.78 is 0. The Bertz CT molecular complexity index is 454. The summed E-state index contributed by atoms with van der Waals surface area (Å²) in [5.41, 5.74) is 0.693. The first-order valence-corrected chi connectivity index (χ1v) is 7.48. The molecule has 0 saturated heterocycles. The average Bonchev–Trinajstić information content (AvgIpc) is 2.83. The molecule has 1 amide bonds. The second kappa shape index (κ2) is 8.73. The third-order valence-electron chi connectivity index (χ3n) is 2.67. The van der Waals surface area contributed by atoms with Crippen molar-refractivity contribution in [2.45, 2.75) is 33.1 Å². The first-order valence-electron chi connectivity index (χ1n) is 6.60. The zero-order valence-electron chi connectivity index (χ0n) is 11.5. The Morgan fingerprint density at radius 1 is 1.47 bits per heavy atom. The number of thiophene rings is 1. The van der Waals surface area contributed by atoms with Gasteiger partial charge in [0.2, 0.25) is 0 Å². The third kappa shape index (κ3) is 5.91. The zero-order chi connectivity index (χ0) is 14.1. The third-order valence-corrected chi connectivity index (χ3v) is 3.58. The van der Waals surface area contributed by atoms with Crippen molar-refractivity contribution in [2.75, 3.05) is 13.2 Å². The molecule has 2 N–H and O–H groups in total. The molecule has 1 rings (SSSR count). The van der Waals surface area contributed by atoms with Crippen LogP contribution in [0.3, 0.4) is 0 Å². The van der Waals surface area contributed by atoms with Gasteiger partial charge in [0.1, 0.15) is 11.5 Å². The van der Waals surface area contributed by atoms with E-state index in [-0.39, 0.29) is 12.5 Å². The van der Waals surface area contributed by atoms with E-state index in [1.807, 2.05) is 5.38 Å². The average molecular weight is 279 g/mol. The maximum atomic E-state index is 12.0. The fourth-order valence-corrected chi connectivity index (χ4v) is 2.44. The highest BCUT2D eigenvalue weighted by Crippen LogP contribution is 2.15. The van der Waals surface area contributed by atoms with Crippen molar-refractivity contribution in [3.63, 3.8) is 0 Å². The Hall–Kier alpha value is -1.31. The lowest BCUT2D eigenvalue weighted by Crippen LogP contribution is -2.24. The predicted molar refractivity (Wildman–Crippen MR) is 79.3 cm³/mol. The standard InChI is InChI=1S/C15H21NO2S/c1-12(2)6-3-4-9-16-15(18)14-13(7-5-10-17)8-11-19-14/h8,11-12,17H,3-4,6,9-10H2,1-2H3,(H,16,18). The molecule has 0 fully saturated rings. The highest BCUT2D eigenvalue weighted by Gasteiger charge is 2.10. The number of aliphatic hydroxyl groups is 1. The molecule has 4 heteroatoms. The molecule has 19 heavy (non-hydrogen) atoms. The van der Waals surface area contributed by atoms with Crippen molar-refractivity contribution in [1.29, 1.82) is 0 Å². The van der Waals surface area contributed by atoms with Gasteiger partial charge in [-0.2, -0.15) is 0 Å². The predicted octanol–water partition coefficient (Wildman–Crippen LogP) is 2.65.